The van der Waals surface area contributed by atoms with Gasteiger partial charge in [-0.25, -0.2) is 9.37 Å². The van der Waals surface area contributed by atoms with Gasteiger partial charge in [0.1, 0.15) is 11.9 Å². The Morgan fingerprint density at radius 3 is 2.69 bits per heavy atom. The zero-order chi connectivity index (χ0) is 17.3. The van der Waals surface area contributed by atoms with E-state index in [9.17, 15) is 22.4 Å². The van der Waals surface area contributed by atoms with Crippen LogP contribution in [-0.4, -0.2) is 22.4 Å². The standard InChI is InChI=1S/C15H14F4N4O.2ClH/c16-10-5-9(15(17,18)19)2-1-8(10)6-21-14(24)13-12-11(3-4-20-13)22-7-23-12;;/h1-2,5,7,13,20H,3-4,6H2,(H,21,24)(H,22,23);2*1H. The Morgan fingerprint density at radius 2 is 2.04 bits per heavy atom. The number of aromatic amines is 1. The molecule has 1 aliphatic rings. The number of carbonyl (C=O) groups excluding carboxylic acids is 1. The lowest BCUT2D eigenvalue weighted by molar-refractivity contribution is -0.137. The number of aromatic nitrogens is 2. The van der Waals surface area contributed by atoms with E-state index < -0.39 is 29.5 Å². The molecule has 5 nitrogen and oxygen atoms in total. The lowest BCUT2D eigenvalue weighted by Gasteiger charge is -2.22. The molecule has 0 spiro atoms. The fourth-order valence-electron chi connectivity index (χ4n) is 2.59. The van der Waals surface area contributed by atoms with Crippen LogP contribution in [0.1, 0.15) is 28.6 Å². The average molecular weight is 415 g/mol. The van der Waals surface area contributed by atoms with E-state index in [4.69, 9.17) is 0 Å². The van der Waals surface area contributed by atoms with Crippen LogP contribution in [-0.2, 0) is 23.9 Å². The van der Waals surface area contributed by atoms with E-state index in [1.54, 1.807) is 0 Å². The fraction of sp³-hybridized carbons (Fsp3) is 0.333. The summed E-state index contributed by atoms with van der Waals surface area (Å²) in [5.74, 6) is -1.43. The van der Waals surface area contributed by atoms with Crippen molar-refractivity contribution in [3.05, 3.63) is 52.9 Å². The van der Waals surface area contributed by atoms with Gasteiger partial charge in [0.2, 0.25) is 5.91 Å². The van der Waals surface area contributed by atoms with Crippen LogP contribution in [0.5, 0.6) is 0 Å². The average Bonchev–Trinajstić information content (AvgIpc) is 3.00. The van der Waals surface area contributed by atoms with Crippen molar-refractivity contribution < 1.29 is 22.4 Å². The summed E-state index contributed by atoms with van der Waals surface area (Å²) in [7, 11) is 0. The molecule has 3 N–H and O–H groups in total. The summed E-state index contributed by atoms with van der Waals surface area (Å²) >= 11 is 0. The molecule has 26 heavy (non-hydrogen) atoms. The van der Waals surface area contributed by atoms with Crippen molar-refractivity contribution in [2.24, 2.45) is 0 Å². The molecule has 0 fully saturated rings. The second kappa shape index (κ2) is 8.70. The van der Waals surface area contributed by atoms with Crippen molar-refractivity contribution in [2.45, 2.75) is 25.2 Å². The summed E-state index contributed by atoms with van der Waals surface area (Å²) in [6, 6.07) is 1.56. The molecular weight excluding hydrogens is 399 g/mol. The van der Waals surface area contributed by atoms with Crippen LogP contribution in [0.4, 0.5) is 17.6 Å². The van der Waals surface area contributed by atoms with Gasteiger partial charge in [0, 0.05) is 30.8 Å². The molecule has 2 aromatic rings. The molecular formula is C15H16Cl2F4N4O. The first kappa shape index (κ1) is 22.2. The van der Waals surface area contributed by atoms with Crippen molar-refractivity contribution in [1.29, 1.82) is 0 Å². The first-order chi connectivity index (χ1) is 11.4. The van der Waals surface area contributed by atoms with Crippen LogP contribution >= 0.6 is 24.8 Å². The maximum atomic E-state index is 13.8. The predicted octanol–water partition coefficient (Wildman–Crippen LogP) is 2.91. The zero-order valence-electron chi connectivity index (χ0n) is 13.2. The molecule has 1 aromatic carbocycles. The van der Waals surface area contributed by atoms with Gasteiger partial charge in [-0.05, 0) is 12.1 Å². The lowest BCUT2D eigenvalue weighted by atomic mass is 10.0. The van der Waals surface area contributed by atoms with Crippen LogP contribution in [0, 0.1) is 5.82 Å². The minimum absolute atomic E-state index is 0. The Kier molecular flexibility index (Phi) is 7.43. The second-order valence-electron chi connectivity index (χ2n) is 5.43. The number of halogens is 6. The van der Waals surface area contributed by atoms with Crippen molar-refractivity contribution in [3.8, 4) is 0 Å². The number of fused-ring (bicyclic) bond motifs is 1. The van der Waals surface area contributed by atoms with Crippen molar-refractivity contribution in [1.82, 2.24) is 20.6 Å². The summed E-state index contributed by atoms with van der Waals surface area (Å²) in [6.07, 6.45) is -2.40. The van der Waals surface area contributed by atoms with E-state index >= 15 is 0 Å². The van der Waals surface area contributed by atoms with Gasteiger partial charge in [-0.15, -0.1) is 24.8 Å². The van der Waals surface area contributed by atoms with Crippen LogP contribution in [0.15, 0.2) is 24.5 Å². The van der Waals surface area contributed by atoms with E-state index in [1.807, 2.05) is 0 Å². The number of amides is 1. The van der Waals surface area contributed by atoms with Gasteiger partial charge in [0.15, 0.2) is 0 Å². The molecule has 0 bridgehead atoms. The molecule has 3 rings (SSSR count). The number of benzene rings is 1. The number of rotatable bonds is 3. The molecule has 1 unspecified atom stereocenters. The fourth-order valence-corrected chi connectivity index (χ4v) is 2.59. The third-order valence-corrected chi connectivity index (χ3v) is 3.84. The van der Waals surface area contributed by atoms with E-state index in [-0.39, 0.29) is 36.9 Å². The zero-order valence-corrected chi connectivity index (χ0v) is 14.8. The number of hydrogen-bond donors (Lipinski definition) is 3. The molecule has 144 valence electrons. The molecule has 11 heteroatoms. The third kappa shape index (κ3) is 4.66. The highest BCUT2D eigenvalue weighted by Gasteiger charge is 2.31. The largest absolute Gasteiger partial charge is 0.416 e. The topological polar surface area (TPSA) is 69.8 Å². The van der Waals surface area contributed by atoms with Gasteiger partial charge in [-0.2, -0.15) is 13.2 Å². The van der Waals surface area contributed by atoms with Crippen molar-refractivity contribution in [2.75, 3.05) is 6.54 Å². The minimum Gasteiger partial charge on any atom is -0.350 e. The van der Waals surface area contributed by atoms with Crippen LogP contribution in [0.25, 0.3) is 0 Å². The van der Waals surface area contributed by atoms with E-state index in [2.05, 4.69) is 20.6 Å². The number of alkyl halides is 3. The third-order valence-electron chi connectivity index (χ3n) is 3.84. The number of nitrogens with zero attached hydrogens (tertiary/aromatic N) is 1. The Bertz CT molecular complexity index is 766. The molecule has 1 aromatic heterocycles. The van der Waals surface area contributed by atoms with Crippen molar-refractivity contribution in [3.63, 3.8) is 0 Å². The molecule has 0 aliphatic carbocycles. The number of hydrogen-bond acceptors (Lipinski definition) is 3. The number of carbonyl (C=O) groups is 1. The van der Waals surface area contributed by atoms with E-state index in [1.165, 1.54) is 6.33 Å². The molecule has 2 heterocycles. The van der Waals surface area contributed by atoms with Gasteiger partial charge in [0.25, 0.3) is 0 Å². The normalized spacial score (nSPS) is 16.1. The maximum absolute atomic E-state index is 13.8. The number of imidazole rings is 1. The Labute approximate surface area is 158 Å². The van der Waals surface area contributed by atoms with Crippen LogP contribution < -0.4 is 10.6 Å². The molecule has 0 saturated carbocycles. The van der Waals surface area contributed by atoms with Gasteiger partial charge in [-0.3, -0.25) is 4.79 Å². The second-order valence-corrected chi connectivity index (χ2v) is 5.43. The number of H-pyrrole nitrogens is 1. The highest BCUT2D eigenvalue weighted by Crippen LogP contribution is 2.30. The van der Waals surface area contributed by atoms with E-state index in [0.717, 1.165) is 17.8 Å². The molecule has 0 saturated heterocycles. The summed E-state index contributed by atoms with van der Waals surface area (Å²) in [6.45, 7) is 0.378. The maximum Gasteiger partial charge on any atom is 0.416 e. The Hall–Kier alpha value is -1.84. The lowest BCUT2D eigenvalue weighted by Crippen LogP contribution is -2.41. The Morgan fingerprint density at radius 1 is 1.31 bits per heavy atom. The first-order valence-corrected chi connectivity index (χ1v) is 7.25. The molecule has 0 radical (unpaired) electrons. The highest BCUT2D eigenvalue weighted by molar-refractivity contribution is 5.85. The monoisotopic (exact) mass is 414 g/mol. The van der Waals surface area contributed by atoms with E-state index in [0.29, 0.717) is 24.7 Å². The van der Waals surface area contributed by atoms with Gasteiger partial charge < -0.3 is 15.6 Å². The predicted molar refractivity (Wildman–Crippen MR) is 90.8 cm³/mol. The number of nitrogens with one attached hydrogen (secondary N) is 3. The molecule has 1 amide bonds. The van der Waals surface area contributed by atoms with Gasteiger partial charge in [-0.1, -0.05) is 6.07 Å². The van der Waals surface area contributed by atoms with Crippen LogP contribution in [0.3, 0.4) is 0 Å². The summed E-state index contributed by atoms with van der Waals surface area (Å²) in [4.78, 5) is 19.3. The Balaban J connectivity index is 0.00000169. The molecule has 1 atom stereocenters. The van der Waals surface area contributed by atoms with Gasteiger partial charge >= 0.3 is 6.18 Å². The van der Waals surface area contributed by atoms with Crippen molar-refractivity contribution >= 4 is 30.7 Å². The quantitative estimate of drug-likeness (QED) is 0.676. The van der Waals surface area contributed by atoms with Crippen LogP contribution in [0.2, 0.25) is 0 Å². The highest BCUT2D eigenvalue weighted by atomic mass is 35.5. The minimum atomic E-state index is -4.61. The SMILES string of the molecule is Cl.Cl.O=C(NCc1ccc(C(F)(F)F)cc1F)C1NCCc2[nH]cnc21. The first-order valence-electron chi connectivity index (χ1n) is 7.25. The summed E-state index contributed by atoms with van der Waals surface area (Å²) < 4.78 is 51.3. The molecule has 1 aliphatic heterocycles. The summed E-state index contributed by atoms with van der Waals surface area (Å²) in [5.41, 5.74) is 0.348. The van der Waals surface area contributed by atoms with Gasteiger partial charge in [0.05, 0.1) is 17.6 Å². The smallest absolute Gasteiger partial charge is 0.350 e. The summed E-state index contributed by atoms with van der Waals surface area (Å²) in [5, 5.41) is 5.53.